The van der Waals surface area contributed by atoms with Crippen LogP contribution in [-0.4, -0.2) is 47.3 Å². The summed E-state index contributed by atoms with van der Waals surface area (Å²) in [4.78, 5) is 48.9. The standard InChI is InChI=1S/C20H28N4O5/c1-4-5-6-13-29-15-9-7-14(8-10-15)17(26)23-22-16(25)11-12-24-18(27)20(2,3)21-19(24)28/h7-10H,4-6,11-13H2,1-3H3,(H,21,28)(H,22,25)(H,23,26). The number of hydrogen-bond acceptors (Lipinski definition) is 5. The van der Waals surface area contributed by atoms with E-state index in [1.165, 1.54) is 0 Å². The number of carbonyl (C=O) groups is 4. The van der Waals surface area contributed by atoms with Gasteiger partial charge < -0.3 is 10.1 Å². The van der Waals surface area contributed by atoms with E-state index in [0.717, 1.165) is 24.2 Å². The van der Waals surface area contributed by atoms with Crippen molar-refractivity contribution >= 4 is 23.8 Å². The number of hydrogen-bond donors (Lipinski definition) is 3. The average molecular weight is 404 g/mol. The summed E-state index contributed by atoms with van der Waals surface area (Å²) >= 11 is 0. The summed E-state index contributed by atoms with van der Waals surface area (Å²) in [6, 6.07) is 6.07. The maximum Gasteiger partial charge on any atom is 0.325 e. The highest BCUT2D eigenvalue weighted by Crippen LogP contribution is 2.16. The fraction of sp³-hybridized carbons (Fsp3) is 0.500. The van der Waals surface area contributed by atoms with Crippen molar-refractivity contribution in [1.29, 1.82) is 0 Å². The Morgan fingerprint density at radius 1 is 1.10 bits per heavy atom. The van der Waals surface area contributed by atoms with E-state index in [-0.39, 0.29) is 13.0 Å². The molecule has 1 fully saturated rings. The molecule has 0 aromatic heterocycles. The Kier molecular flexibility index (Phi) is 7.58. The van der Waals surface area contributed by atoms with Gasteiger partial charge in [-0.3, -0.25) is 30.1 Å². The third-order valence-electron chi connectivity index (χ3n) is 4.46. The van der Waals surface area contributed by atoms with Crippen molar-refractivity contribution in [3.05, 3.63) is 29.8 Å². The molecular weight excluding hydrogens is 376 g/mol. The van der Waals surface area contributed by atoms with Crippen molar-refractivity contribution in [3.8, 4) is 5.75 Å². The van der Waals surface area contributed by atoms with E-state index < -0.39 is 29.3 Å². The van der Waals surface area contributed by atoms with Crippen LogP contribution in [0.3, 0.4) is 0 Å². The molecule has 1 aromatic rings. The lowest BCUT2D eigenvalue weighted by Gasteiger charge is -2.15. The van der Waals surface area contributed by atoms with E-state index in [1.807, 2.05) is 0 Å². The Bertz CT molecular complexity index is 761. The molecule has 0 spiro atoms. The average Bonchev–Trinajstić information content (AvgIpc) is 2.89. The number of urea groups is 1. The number of rotatable bonds is 9. The third kappa shape index (κ3) is 6.20. The molecule has 1 aliphatic rings. The van der Waals surface area contributed by atoms with Gasteiger partial charge in [0.1, 0.15) is 11.3 Å². The van der Waals surface area contributed by atoms with E-state index in [1.54, 1.807) is 38.1 Å². The fourth-order valence-corrected chi connectivity index (χ4v) is 2.74. The maximum absolute atomic E-state index is 12.1. The Labute approximate surface area is 170 Å². The van der Waals surface area contributed by atoms with Crippen LogP contribution in [0.4, 0.5) is 4.79 Å². The molecule has 0 saturated carbocycles. The van der Waals surface area contributed by atoms with Gasteiger partial charge in [0, 0.05) is 18.5 Å². The summed E-state index contributed by atoms with van der Waals surface area (Å²) in [5.74, 6) is -0.707. The number of benzene rings is 1. The van der Waals surface area contributed by atoms with Crippen LogP contribution in [0.2, 0.25) is 0 Å². The summed E-state index contributed by atoms with van der Waals surface area (Å²) in [6.07, 6.45) is 3.08. The molecule has 1 aromatic carbocycles. The van der Waals surface area contributed by atoms with Crippen molar-refractivity contribution in [2.45, 2.75) is 52.0 Å². The van der Waals surface area contributed by atoms with Crippen molar-refractivity contribution in [3.63, 3.8) is 0 Å². The molecule has 1 aliphatic heterocycles. The van der Waals surface area contributed by atoms with Crippen molar-refractivity contribution < 1.29 is 23.9 Å². The number of nitrogens with zero attached hydrogens (tertiary/aromatic N) is 1. The first kappa shape index (κ1) is 22.2. The first-order valence-electron chi connectivity index (χ1n) is 9.70. The molecule has 1 saturated heterocycles. The topological polar surface area (TPSA) is 117 Å². The van der Waals surface area contributed by atoms with Gasteiger partial charge in [-0.25, -0.2) is 4.79 Å². The zero-order chi connectivity index (χ0) is 21.4. The maximum atomic E-state index is 12.1. The van der Waals surface area contributed by atoms with E-state index in [4.69, 9.17) is 4.74 Å². The fourth-order valence-electron chi connectivity index (χ4n) is 2.74. The van der Waals surface area contributed by atoms with Crippen molar-refractivity contribution in [1.82, 2.24) is 21.1 Å². The highest BCUT2D eigenvalue weighted by molar-refractivity contribution is 6.06. The highest BCUT2D eigenvalue weighted by Gasteiger charge is 2.43. The normalized spacial score (nSPS) is 15.1. The van der Waals surface area contributed by atoms with Crippen LogP contribution in [0.1, 0.15) is 56.8 Å². The van der Waals surface area contributed by atoms with Crippen LogP contribution in [-0.2, 0) is 9.59 Å². The monoisotopic (exact) mass is 404 g/mol. The Morgan fingerprint density at radius 2 is 1.79 bits per heavy atom. The van der Waals surface area contributed by atoms with Crippen LogP contribution in [0, 0.1) is 0 Å². The molecule has 9 heteroatoms. The van der Waals surface area contributed by atoms with Crippen molar-refractivity contribution in [2.75, 3.05) is 13.2 Å². The number of imide groups is 1. The molecule has 0 bridgehead atoms. The second kappa shape index (κ2) is 9.90. The molecule has 2 rings (SSSR count). The first-order valence-corrected chi connectivity index (χ1v) is 9.70. The summed E-state index contributed by atoms with van der Waals surface area (Å²) in [5.41, 5.74) is 3.97. The van der Waals surface area contributed by atoms with Gasteiger partial charge in [-0.2, -0.15) is 0 Å². The number of amides is 5. The van der Waals surface area contributed by atoms with Gasteiger partial charge in [0.25, 0.3) is 11.8 Å². The SMILES string of the molecule is CCCCCOc1ccc(C(=O)NNC(=O)CCN2C(=O)NC(C)(C)C2=O)cc1. The number of unbranched alkanes of at least 4 members (excludes halogenated alkanes) is 2. The van der Waals surface area contributed by atoms with Gasteiger partial charge in [-0.15, -0.1) is 0 Å². The minimum atomic E-state index is -0.979. The minimum Gasteiger partial charge on any atom is -0.494 e. The Balaban J connectivity index is 1.73. The molecule has 3 N–H and O–H groups in total. The molecule has 0 aliphatic carbocycles. The molecule has 158 valence electrons. The van der Waals surface area contributed by atoms with Crippen LogP contribution < -0.4 is 20.9 Å². The Morgan fingerprint density at radius 3 is 2.38 bits per heavy atom. The summed E-state index contributed by atoms with van der Waals surface area (Å²) in [6.45, 7) is 5.86. The lowest BCUT2D eigenvalue weighted by atomic mass is 10.1. The molecule has 0 atom stereocenters. The number of hydrazine groups is 1. The molecule has 5 amide bonds. The zero-order valence-electron chi connectivity index (χ0n) is 17.0. The Hall–Kier alpha value is -3.10. The van der Waals surface area contributed by atoms with Crippen molar-refractivity contribution in [2.24, 2.45) is 0 Å². The highest BCUT2D eigenvalue weighted by atomic mass is 16.5. The van der Waals surface area contributed by atoms with Gasteiger partial charge in [0.15, 0.2) is 0 Å². The lowest BCUT2D eigenvalue weighted by Crippen LogP contribution is -2.44. The van der Waals surface area contributed by atoms with Gasteiger partial charge in [-0.1, -0.05) is 19.8 Å². The number of nitrogens with one attached hydrogen (secondary N) is 3. The zero-order valence-corrected chi connectivity index (χ0v) is 17.0. The molecule has 29 heavy (non-hydrogen) atoms. The predicted octanol–water partition coefficient (Wildman–Crippen LogP) is 1.74. The predicted molar refractivity (Wildman–Crippen MR) is 106 cm³/mol. The van der Waals surface area contributed by atoms with E-state index in [9.17, 15) is 19.2 Å². The minimum absolute atomic E-state index is 0.0696. The molecule has 0 radical (unpaired) electrons. The lowest BCUT2D eigenvalue weighted by molar-refractivity contribution is -0.130. The summed E-state index contributed by atoms with van der Waals surface area (Å²) < 4.78 is 5.59. The molecule has 0 unspecified atom stereocenters. The second-order valence-electron chi connectivity index (χ2n) is 7.34. The van der Waals surface area contributed by atoms with Crippen LogP contribution in [0.5, 0.6) is 5.75 Å². The van der Waals surface area contributed by atoms with Crippen LogP contribution in [0.15, 0.2) is 24.3 Å². The van der Waals surface area contributed by atoms with E-state index >= 15 is 0 Å². The van der Waals surface area contributed by atoms with Crippen LogP contribution >= 0.6 is 0 Å². The quantitative estimate of drug-likeness (QED) is 0.329. The summed E-state index contributed by atoms with van der Waals surface area (Å²) in [7, 11) is 0. The second-order valence-corrected chi connectivity index (χ2v) is 7.34. The van der Waals surface area contributed by atoms with E-state index in [2.05, 4.69) is 23.1 Å². The smallest absolute Gasteiger partial charge is 0.325 e. The molecular formula is C20H28N4O5. The van der Waals surface area contributed by atoms with Gasteiger partial charge >= 0.3 is 6.03 Å². The third-order valence-corrected chi connectivity index (χ3v) is 4.46. The molecule has 9 nitrogen and oxygen atoms in total. The largest absolute Gasteiger partial charge is 0.494 e. The number of carbonyl (C=O) groups excluding carboxylic acids is 4. The van der Waals surface area contributed by atoms with Gasteiger partial charge in [0.2, 0.25) is 5.91 Å². The summed E-state index contributed by atoms with van der Waals surface area (Å²) in [5, 5.41) is 2.54. The molecule has 1 heterocycles. The number of ether oxygens (including phenoxy) is 1. The van der Waals surface area contributed by atoms with Crippen LogP contribution in [0.25, 0.3) is 0 Å². The van der Waals surface area contributed by atoms with E-state index in [0.29, 0.717) is 17.9 Å². The van der Waals surface area contributed by atoms with Gasteiger partial charge in [0.05, 0.1) is 6.61 Å². The van der Waals surface area contributed by atoms with Gasteiger partial charge in [-0.05, 0) is 44.5 Å². The first-order chi connectivity index (χ1) is 13.7.